The van der Waals surface area contributed by atoms with Crippen molar-refractivity contribution in [2.24, 2.45) is 5.73 Å². The van der Waals surface area contributed by atoms with Crippen LogP contribution in [0.5, 0.6) is 0 Å². The van der Waals surface area contributed by atoms with Crippen LogP contribution >= 0.6 is 12.4 Å². The average molecular weight is 426 g/mol. The molecule has 0 radical (unpaired) electrons. The van der Waals surface area contributed by atoms with Crippen molar-refractivity contribution in [3.8, 4) is 0 Å². The van der Waals surface area contributed by atoms with E-state index in [1.807, 2.05) is 30.3 Å². The van der Waals surface area contributed by atoms with E-state index in [9.17, 15) is 13.2 Å². The number of hydrogen-bond donors (Lipinski definition) is 2. The molecule has 2 aromatic rings. The quantitative estimate of drug-likeness (QED) is 0.677. The first-order valence-electron chi connectivity index (χ1n) is 9.00. The number of hydrogen-bond acceptors (Lipinski definition) is 4. The molecular formula is C20H28ClN3O3S. The molecule has 0 aliphatic carbocycles. The molecule has 0 spiro atoms. The Hall–Kier alpha value is -1.93. The molecule has 0 aliphatic rings. The zero-order valence-electron chi connectivity index (χ0n) is 16.4. The second kappa shape index (κ2) is 10.6. The molecule has 1 unspecified atom stereocenters. The van der Waals surface area contributed by atoms with Crippen molar-refractivity contribution in [1.82, 2.24) is 4.31 Å². The van der Waals surface area contributed by atoms with Gasteiger partial charge in [0.25, 0.3) is 0 Å². The first-order chi connectivity index (χ1) is 12.8. The van der Waals surface area contributed by atoms with Gasteiger partial charge in [0.1, 0.15) is 0 Å². The summed E-state index contributed by atoms with van der Waals surface area (Å²) >= 11 is 0. The fourth-order valence-electron chi connectivity index (χ4n) is 2.89. The van der Waals surface area contributed by atoms with Crippen LogP contribution in [0.4, 0.5) is 5.69 Å². The standard InChI is InChI=1S/C20H27N3O3S.ClH/c1-4-23(5-2)27(25,26)19-13-17(12-11-15(19)3)22-20(24)14-18(21)16-9-7-6-8-10-16;/h6-13,18H,4-5,14,21H2,1-3H3,(H,22,24);1H. The number of halogens is 1. The number of aryl methyl sites for hydroxylation is 1. The maximum Gasteiger partial charge on any atom is 0.243 e. The van der Waals surface area contributed by atoms with E-state index >= 15 is 0 Å². The first-order valence-corrected chi connectivity index (χ1v) is 10.4. The molecule has 1 amide bonds. The van der Waals surface area contributed by atoms with Gasteiger partial charge >= 0.3 is 0 Å². The molecule has 8 heteroatoms. The highest BCUT2D eigenvalue weighted by Gasteiger charge is 2.24. The van der Waals surface area contributed by atoms with Crippen molar-refractivity contribution in [3.05, 3.63) is 59.7 Å². The maximum absolute atomic E-state index is 12.8. The van der Waals surface area contributed by atoms with Crippen LogP contribution in [0.1, 0.15) is 37.4 Å². The summed E-state index contributed by atoms with van der Waals surface area (Å²) in [7, 11) is -3.60. The monoisotopic (exact) mass is 425 g/mol. The van der Waals surface area contributed by atoms with E-state index in [0.717, 1.165) is 5.56 Å². The molecule has 28 heavy (non-hydrogen) atoms. The third-order valence-corrected chi connectivity index (χ3v) is 6.62. The lowest BCUT2D eigenvalue weighted by Crippen LogP contribution is -2.31. The number of amides is 1. The summed E-state index contributed by atoms with van der Waals surface area (Å²) < 4.78 is 27.0. The van der Waals surface area contributed by atoms with E-state index in [2.05, 4.69) is 5.32 Å². The van der Waals surface area contributed by atoms with Gasteiger partial charge in [0.15, 0.2) is 0 Å². The minimum absolute atomic E-state index is 0. The topological polar surface area (TPSA) is 92.5 Å². The molecule has 0 aromatic heterocycles. The summed E-state index contributed by atoms with van der Waals surface area (Å²) in [6.45, 7) is 6.12. The Morgan fingerprint density at radius 3 is 2.29 bits per heavy atom. The summed E-state index contributed by atoms with van der Waals surface area (Å²) in [5, 5.41) is 2.76. The maximum atomic E-state index is 12.8. The second-order valence-corrected chi connectivity index (χ2v) is 8.25. The lowest BCUT2D eigenvalue weighted by atomic mass is 10.0. The Bertz CT molecular complexity index is 885. The van der Waals surface area contributed by atoms with Gasteiger partial charge in [-0.15, -0.1) is 12.4 Å². The molecule has 1 atom stereocenters. The lowest BCUT2D eigenvalue weighted by molar-refractivity contribution is -0.116. The lowest BCUT2D eigenvalue weighted by Gasteiger charge is -2.20. The van der Waals surface area contributed by atoms with Gasteiger partial charge in [0, 0.05) is 31.2 Å². The summed E-state index contributed by atoms with van der Waals surface area (Å²) in [5.41, 5.74) is 8.04. The van der Waals surface area contributed by atoms with E-state index in [4.69, 9.17) is 5.73 Å². The minimum Gasteiger partial charge on any atom is -0.326 e. The third kappa shape index (κ3) is 5.78. The van der Waals surface area contributed by atoms with Crippen molar-refractivity contribution in [2.75, 3.05) is 18.4 Å². The van der Waals surface area contributed by atoms with Crippen molar-refractivity contribution in [1.29, 1.82) is 0 Å². The molecule has 2 aromatic carbocycles. The summed E-state index contributed by atoms with van der Waals surface area (Å²) in [5.74, 6) is -0.263. The van der Waals surface area contributed by atoms with Crippen LogP contribution in [0, 0.1) is 6.92 Å². The zero-order valence-corrected chi connectivity index (χ0v) is 18.0. The molecule has 2 rings (SSSR count). The summed E-state index contributed by atoms with van der Waals surface area (Å²) in [6.07, 6.45) is 0.107. The molecule has 0 bridgehead atoms. The van der Waals surface area contributed by atoms with Crippen LogP contribution in [-0.2, 0) is 14.8 Å². The number of nitrogens with two attached hydrogens (primary N) is 1. The molecule has 0 heterocycles. The molecule has 154 valence electrons. The summed E-state index contributed by atoms with van der Waals surface area (Å²) in [4.78, 5) is 12.5. The molecule has 6 nitrogen and oxygen atoms in total. The molecule has 0 saturated heterocycles. The van der Waals surface area contributed by atoms with Crippen LogP contribution < -0.4 is 11.1 Å². The SMILES string of the molecule is CCN(CC)S(=O)(=O)c1cc(NC(=O)CC(N)c2ccccc2)ccc1C.Cl. The Labute approximate surface area is 173 Å². The normalized spacial score (nSPS) is 12.3. The number of sulfonamides is 1. The Morgan fingerprint density at radius 1 is 1.11 bits per heavy atom. The fourth-order valence-corrected chi connectivity index (χ4v) is 4.60. The zero-order chi connectivity index (χ0) is 20.0. The van der Waals surface area contributed by atoms with E-state index < -0.39 is 16.1 Å². The Balaban J connectivity index is 0.00000392. The molecule has 0 fully saturated rings. The number of nitrogens with zero attached hydrogens (tertiary/aromatic N) is 1. The molecule has 3 N–H and O–H groups in total. The van der Waals surface area contributed by atoms with Gasteiger partial charge in [-0.05, 0) is 30.2 Å². The Morgan fingerprint density at radius 2 is 1.71 bits per heavy atom. The van der Waals surface area contributed by atoms with Crippen molar-refractivity contribution in [2.45, 2.75) is 38.1 Å². The second-order valence-electron chi connectivity index (χ2n) is 6.34. The number of carbonyl (C=O) groups excluding carboxylic acids is 1. The third-order valence-electron chi connectivity index (χ3n) is 4.43. The van der Waals surface area contributed by atoms with E-state index in [1.54, 1.807) is 32.9 Å². The highest BCUT2D eigenvalue weighted by molar-refractivity contribution is 7.89. The van der Waals surface area contributed by atoms with Gasteiger partial charge in [-0.1, -0.05) is 50.2 Å². The van der Waals surface area contributed by atoms with Crippen LogP contribution in [0.2, 0.25) is 0 Å². The largest absolute Gasteiger partial charge is 0.326 e. The van der Waals surface area contributed by atoms with Gasteiger partial charge in [-0.3, -0.25) is 4.79 Å². The van der Waals surface area contributed by atoms with Gasteiger partial charge in [0.2, 0.25) is 15.9 Å². The van der Waals surface area contributed by atoms with Gasteiger partial charge in [-0.25, -0.2) is 8.42 Å². The van der Waals surface area contributed by atoms with Crippen molar-refractivity contribution < 1.29 is 13.2 Å². The highest BCUT2D eigenvalue weighted by Crippen LogP contribution is 2.24. The molecule has 0 saturated carbocycles. The summed E-state index contributed by atoms with van der Waals surface area (Å²) in [6, 6.07) is 13.9. The predicted molar refractivity (Wildman–Crippen MR) is 115 cm³/mol. The average Bonchev–Trinajstić information content (AvgIpc) is 2.64. The number of rotatable bonds is 8. The fraction of sp³-hybridized carbons (Fsp3) is 0.350. The number of carbonyl (C=O) groups is 1. The number of anilines is 1. The first kappa shape index (κ1) is 24.1. The molecular weight excluding hydrogens is 398 g/mol. The smallest absolute Gasteiger partial charge is 0.243 e. The van der Waals surface area contributed by atoms with Gasteiger partial charge in [-0.2, -0.15) is 4.31 Å². The van der Waals surface area contributed by atoms with Crippen molar-refractivity contribution >= 4 is 34.0 Å². The van der Waals surface area contributed by atoms with Crippen LogP contribution in [0.15, 0.2) is 53.4 Å². The van der Waals surface area contributed by atoms with E-state index in [0.29, 0.717) is 24.3 Å². The van der Waals surface area contributed by atoms with E-state index in [1.165, 1.54) is 10.4 Å². The van der Waals surface area contributed by atoms with Crippen LogP contribution in [0.3, 0.4) is 0 Å². The molecule has 0 aliphatic heterocycles. The van der Waals surface area contributed by atoms with Crippen LogP contribution in [0.25, 0.3) is 0 Å². The number of benzene rings is 2. The Kier molecular flexibility index (Phi) is 9.10. The highest BCUT2D eigenvalue weighted by atomic mass is 35.5. The van der Waals surface area contributed by atoms with E-state index in [-0.39, 0.29) is 29.6 Å². The van der Waals surface area contributed by atoms with Crippen LogP contribution in [-0.4, -0.2) is 31.7 Å². The van der Waals surface area contributed by atoms with Gasteiger partial charge in [0.05, 0.1) is 4.90 Å². The predicted octanol–water partition coefficient (Wildman–Crippen LogP) is 3.48. The minimum atomic E-state index is -3.60. The number of nitrogens with one attached hydrogen (secondary N) is 1. The van der Waals surface area contributed by atoms with Gasteiger partial charge < -0.3 is 11.1 Å². The van der Waals surface area contributed by atoms with Crippen molar-refractivity contribution in [3.63, 3.8) is 0 Å².